The molecule has 0 saturated heterocycles. The van der Waals surface area contributed by atoms with Gasteiger partial charge in [-0.05, 0) is 64.1 Å². The van der Waals surface area contributed by atoms with Crippen LogP contribution in [-0.4, -0.2) is 28.0 Å². The molecule has 2 unspecified atom stereocenters. The van der Waals surface area contributed by atoms with Gasteiger partial charge in [-0.3, -0.25) is 0 Å². The number of hydrogen-bond donors (Lipinski definition) is 0. The molecule has 0 amide bonds. The molecule has 3 rings (SSSR count). The number of carbonyl (C=O) groups is 1. The number of nitrogens with zero attached hydrogens (tertiary/aromatic N) is 2. The van der Waals surface area contributed by atoms with Crippen molar-refractivity contribution in [3.8, 4) is 5.75 Å². The first-order chi connectivity index (χ1) is 11.8. The molecule has 6 heteroatoms. The van der Waals surface area contributed by atoms with Crippen molar-refractivity contribution >= 4 is 41.2 Å². The van der Waals surface area contributed by atoms with Gasteiger partial charge in [0.2, 0.25) is 0 Å². The van der Waals surface area contributed by atoms with E-state index in [9.17, 15) is 4.79 Å². The number of hydrogen-bond acceptors (Lipinski definition) is 5. The maximum absolute atomic E-state index is 9.44. The maximum Gasteiger partial charge on any atom is 0.142 e. The number of Topliss-reactive ketones (excluding diaryl/α,β-unsaturated/α-hetero) is 1. The molecule has 0 radical (unpaired) electrons. The van der Waals surface area contributed by atoms with E-state index in [2.05, 4.69) is 29.1 Å². The first kappa shape index (κ1) is 19.5. The molecule has 0 N–H and O–H groups in total. The number of ketones is 1. The summed E-state index contributed by atoms with van der Waals surface area (Å²) in [6, 6.07) is 7.41. The zero-order chi connectivity index (χ0) is 18.4. The highest BCUT2D eigenvalue weighted by Gasteiger charge is 2.28. The minimum Gasteiger partial charge on any atom is -0.480 e. The molecule has 25 heavy (non-hydrogen) atoms. The van der Waals surface area contributed by atoms with Crippen molar-refractivity contribution in [2.24, 2.45) is 9.98 Å². The second-order valence-corrected chi connectivity index (χ2v) is 8.19. The topological polar surface area (TPSA) is 51.0 Å². The lowest BCUT2D eigenvalue weighted by molar-refractivity contribution is -0.114. The predicted octanol–water partition coefficient (Wildman–Crippen LogP) is 5.09. The van der Waals surface area contributed by atoms with Crippen molar-refractivity contribution < 1.29 is 9.53 Å². The fourth-order valence-corrected chi connectivity index (χ4v) is 3.58. The summed E-state index contributed by atoms with van der Waals surface area (Å²) < 4.78 is 5.77. The summed E-state index contributed by atoms with van der Waals surface area (Å²) in [6.45, 7) is 7.24. The first-order valence-corrected chi connectivity index (χ1v) is 9.13. The van der Waals surface area contributed by atoms with Crippen molar-refractivity contribution in [3.05, 3.63) is 53.2 Å². The van der Waals surface area contributed by atoms with Crippen LogP contribution in [0.4, 0.5) is 0 Å². The fraction of sp³-hybridized carbons (Fsp3) is 0.316. The quantitative estimate of drug-likeness (QED) is 0.688. The molecule has 1 aromatic rings. The van der Waals surface area contributed by atoms with E-state index >= 15 is 0 Å². The minimum atomic E-state index is -0.151. The standard InChI is InChI=1S/C16H15ClN2OS.C3H6O/c1-11(20-13-5-3-12(17)4-6-13)21-16(2)8-7-14-15(9-16)19-10-18-14;1-3(2)4/h3-11H,1-2H3;1-2H3. The van der Waals surface area contributed by atoms with Crippen LogP contribution < -0.4 is 4.74 Å². The van der Waals surface area contributed by atoms with Crippen LogP contribution in [0, 0.1) is 0 Å². The van der Waals surface area contributed by atoms with Crippen molar-refractivity contribution in [1.82, 2.24) is 0 Å². The van der Waals surface area contributed by atoms with Crippen LogP contribution in [0.3, 0.4) is 0 Å². The Kier molecular flexibility index (Phi) is 6.62. The number of rotatable bonds is 4. The molecule has 0 bridgehead atoms. The van der Waals surface area contributed by atoms with E-state index < -0.39 is 0 Å². The number of halogens is 1. The molecule has 1 aliphatic heterocycles. The summed E-state index contributed by atoms with van der Waals surface area (Å²) in [5, 5.41) is 0.709. The van der Waals surface area contributed by atoms with E-state index in [0.717, 1.165) is 17.2 Å². The van der Waals surface area contributed by atoms with Gasteiger partial charge in [0, 0.05) is 5.02 Å². The highest BCUT2D eigenvalue weighted by molar-refractivity contribution is 8.01. The van der Waals surface area contributed by atoms with Crippen LogP contribution in [0.5, 0.6) is 5.75 Å². The highest BCUT2D eigenvalue weighted by Crippen LogP contribution is 2.37. The van der Waals surface area contributed by atoms with Crippen LogP contribution in [0.25, 0.3) is 0 Å². The average Bonchev–Trinajstić information content (AvgIpc) is 2.95. The van der Waals surface area contributed by atoms with Crippen LogP contribution in [0.2, 0.25) is 5.02 Å². The van der Waals surface area contributed by atoms with E-state index in [-0.39, 0.29) is 16.0 Å². The zero-order valence-electron chi connectivity index (χ0n) is 14.7. The number of benzene rings is 1. The maximum atomic E-state index is 9.44. The van der Waals surface area contributed by atoms with Crippen LogP contribution >= 0.6 is 23.4 Å². The minimum absolute atomic E-state index is 0.00143. The Morgan fingerprint density at radius 3 is 2.56 bits per heavy atom. The normalized spacial score (nSPS) is 21.5. The molecule has 4 nitrogen and oxygen atoms in total. The Morgan fingerprint density at radius 2 is 1.92 bits per heavy atom. The van der Waals surface area contributed by atoms with Crippen molar-refractivity contribution in [2.75, 3.05) is 0 Å². The SMILES string of the molecule is CC(C)=O.CC(Oc1ccc(Cl)cc1)SC1(C)C=CC2=NC=NC2=C1. The number of thioether (sulfide) groups is 1. The van der Waals surface area contributed by atoms with Crippen LogP contribution in [0.1, 0.15) is 27.7 Å². The van der Waals surface area contributed by atoms with E-state index in [1.807, 2.05) is 37.3 Å². The lowest BCUT2D eigenvalue weighted by Gasteiger charge is -2.28. The zero-order valence-corrected chi connectivity index (χ0v) is 16.3. The summed E-state index contributed by atoms with van der Waals surface area (Å²) in [6.07, 6.45) is 7.87. The van der Waals surface area contributed by atoms with Crippen molar-refractivity contribution in [3.63, 3.8) is 0 Å². The summed E-state index contributed by atoms with van der Waals surface area (Å²) >= 11 is 7.60. The Morgan fingerprint density at radius 1 is 1.28 bits per heavy atom. The Bertz CT molecular complexity index is 749. The first-order valence-electron chi connectivity index (χ1n) is 7.87. The molecule has 2 atom stereocenters. The highest BCUT2D eigenvalue weighted by atomic mass is 35.5. The van der Waals surface area contributed by atoms with Crippen LogP contribution in [0.15, 0.2) is 58.2 Å². The predicted molar refractivity (Wildman–Crippen MR) is 107 cm³/mol. The van der Waals surface area contributed by atoms with Crippen molar-refractivity contribution in [2.45, 2.75) is 37.9 Å². The van der Waals surface area contributed by atoms with Gasteiger partial charge >= 0.3 is 0 Å². The third-order valence-electron chi connectivity index (χ3n) is 3.19. The number of ether oxygens (including phenoxy) is 1. The van der Waals surface area contributed by atoms with E-state index in [4.69, 9.17) is 16.3 Å². The van der Waals surface area contributed by atoms with E-state index in [1.54, 1.807) is 18.1 Å². The lowest BCUT2D eigenvalue weighted by atomic mass is 10.0. The van der Waals surface area contributed by atoms with Gasteiger partial charge in [-0.15, -0.1) is 11.8 Å². The number of allylic oxidation sites excluding steroid dienone is 1. The Hall–Kier alpha value is -1.85. The molecule has 2 aliphatic rings. The van der Waals surface area contributed by atoms with Gasteiger partial charge in [-0.1, -0.05) is 17.7 Å². The van der Waals surface area contributed by atoms with E-state index in [0.29, 0.717) is 5.02 Å². The molecular weight excluding hydrogens is 356 g/mol. The van der Waals surface area contributed by atoms with Crippen molar-refractivity contribution in [1.29, 1.82) is 0 Å². The Labute approximate surface area is 157 Å². The number of fused-ring (bicyclic) bond motifs is 1. The van der Waals surface area contributed by atoms with Gasteiger partial charge in [0.05, 0.1) is 16.2 Å². The second-order valence-electron chi connectivity index (χ2n) is 5.97. The van der Waals surface area contributed by atoms with Crippen LogP contribution in [-0.2, 0) is 4.79 Å². The van der Waals surface area contributed by atoms with Gasteiger partial charge in [0.1, 0.15) is 23.3 Å². The third kappa shape index (κ3) is 6.18. The summed E-state index contributed by atoms with van der Waals surface area (Å²) in [5.74, 6) is 0.983. The molecule has 0 fully saturated rings. The Balaban J connectivity index is 0.000000511. The lowest BCUT2D eigenvalue weighted by Crippen LogP contribution is -2.24. The molecule has 0 aromatic heterocycles. The summed E-state index contributed by atoms with van der Waals surface area (Å²) in [5.41, 5.74) is 1.87. The largest absolute Gasteiger partial charge is 0.480 e. The number of carbonyl (C=O) groups excluding carboxylic acids is 1. The molecule has 1 aromatic carbocycles. The summed E-state index contributed by atoms with van der Waals surface area (Å²) in [7, 11) is 0. The molecule has 1 aliphatic carbocycles. The molecule has 0 saturated carbocycles. The van der Waals surface area contributed by atoms with Gasteiger partial charge < -0.3 is 9.53 Å². The van der Waals surface area contributed by atoms with Gasteiger partial charge in [0.15, 0.2) is 0 Å². The molecule has 0 spiro atoms. The van der Waals surface area contributed by atoms with Gasteiger partial charge in [-0.2, -0.15) is 0 Å². The van der Waals surface area contributed by atoms with Gasteiger partial charge in [0.25, 0.3) is 0 Å². The van der Waals surface area contributed by atoms with Gasteiger partial charge in [-0.25, -0.2) is 9.98 Å². The molecular formula is C19H21ClN2O2S. The molecule has 132 valence electrons. The third-order valence-corrected chi connectivity index (χ3v) is 4.63. The smallest absolute Gasteiger partial charge is 0.142 e. The number of aliphatic imine (C=N–C) groups is 2. The monoisotopic (exact) mass is 376 g/mol. The summed E-state index contributed by atoms with van der Waals surface area (Å²) in [4.78, 5) is 17.9. The van der Waals surface area contributed by atoms with E-state index in [1.165, 1.54) is 13.8 Å². The molecule has 1 heterocycles. The second kappa shape index (κ2) is 8.50. The fourth-order valence-electron chi connectivity index (χ4n) is 2.25. The average molecular weight is 377 g/mol.